The zero-order valence-electron chi connectivity index (χ0n) is 16.6. The predicted molar refractivity (Wildman–Crippen MR) is 109 cm³/mol. The lowest BCUT2D eigenvalue weighted by atomic mass is 9.75. The highest BCUT2D eigenvalue weighted by atomic mass is 32.1. The molecule has 0 bridgehead atoms. The van der Waals surface area contributed by atoms with Gasteiger partial charge in [0.05, 0.1) is 30.0 Å². The van der Waals surface area contributed by atoms with E-state index in [1.807, 2.05) is 0 Å². The van der Waals surface area contributed by atoms with E-state index in [0.29, 0.717) is 18.4 Å². The molecule has 0 radical (unpaired) electrons. The molecule has 0 unspecified atom stereocenters. The zero-order valence-corrected chi connectivity index (χ0v) is 17.4. The summed E-state index contributed by atoms with van der Waals surface area (Å²) in [6, 6.07) is 10.7. The highest BCUT2D eigenvalue weighted by Crippen LogP contribution is 2.44. The Morgan fingerprint density at radius 1 is 1.30 bits per heavy atom. The highest BCUT2D eigenvalue weighted by Gasteiger charge is 2.46. The molecule has 146 valence electrons. The second-order valence-electron chi connectivity index (χ2n) is 8.35. The number of rotatable bonds is 4. The lowest BCUT2D eigenvalue weighted by Crippen LogP contribution is -2.58. The van der Waals surface area contributed by atoms with E-state index in [-0.39, 0.29) is 11.7 Å². The molecule has 0 aliphatic carbocycles. The fraction of sp³-hybridized carbons (Fsp3) is 0.591. The third-order valence-corrected chi connectivity index (χ3v) is 6.71. The second-order valence-corrected chi connectivity index (χ2v) is 9.42. The van der Waals surface area contributed by atoms with Gasteiger partial charge in [-0.1, -0.05) is 44.2 Å². The molecule has 2 aliphatic heterocycles. The number of ether oxygens (including phenoxy) is 2. The van der Waals surface area contributed by atoms with Crippen LogP contribution < -0.4 is 0 Å². The van der Waals surface area contributed by atoms with Crippen molar-refractivity contribution in [2.75, 3.05) is 26.3 Å². The van der Waals surface area contributed by atoms with Crippen molar-refractivity contribution in [2.45, 2.75) is 45.4 Å². The summed E-state index contributed by atoms with van der Waals surface area (Å²) in [4.78, 5) is 7.13. The van der Waals surface area contributed by atoms with Crippen LogP contribution in [0, 0.1) is 18.8 Å². The minimum absolute atomic E-state index is 0.164. The van der Waals surface area contributed by atoms with Crippen LogP contribution in [0.1, 0.15) is 42.6 Å². The number of thiazole rings is 1. The van der Waals surface area contributed by atoms with E-state index in [2.05, 4.69) is 66.4 Å². The normalized spacial score (nSPS) is 29.5. The summed E-state index contributed by atoms with van der Waals surface area (Å²) in [5, 5.41) is 3.32. The van der Waals surface area contributed by atoms with Crippen LogP contribution in [0.25, 0.3) is 0 Å². The number of hydrogen-bond donors (Lipinski definition) is 0. The molecule has 4 nitrogen and oxygen atoms in total. The number of morpholine rings is 1. The molecule has 1 aromatic heterocycles. The summed E-state index contributed by atoms with van der Waals surface area (Å²) in [5.41, 5.74) is 2.27. The standard InChI is InChI=1S/C22H30N2O2S/c1-16(2)20-11-22(15-25-21(20)18-7-5-4-6-8-18)14-24(9-10-26-22)12-19-13-27-17(3)23-19/h4-8,13,16,20-21H,9-12,14-15H2,1-3H3/t20-,21-,22-/m0/s1. The minimum Gasteiger partial charge on any atom is -0.370 e. The summed E-state index contributed by atoms with van der Waals surface area (Å²) in [7, 11) is 0. The van der Waals surface area contributed by atoms with Crippen molar-refractivity contribution < 1.29 is 9.47 Å². The largest absolute Gasteiger partial charge is 0.370 e. The lowest BCUT2D eigenvalue weighted by Gasteiger charge is -2.50. The van der Waals surface area contributed by atoms with Crippen molar-refractivity contribution in [1.29, 1.82) is 0 Å². The molecule has 4 rings (SSSR count). The highest BCUT2D eigenvalue weighted by molar-refractivity contribution is 7.09. The summed E-state index contributed by atoms with van der Waals surface area (Å²) < 4.78 is 12.8. The molecule has 27 heavy (non-hydrogen) atoms. The first-order valence-corrected chi connectivity index (χ1v) is 10.9. The number of hydrogen-bond acceptors (Lipinski definition) is 5. The van der Waals surface area contributed by atoms with Gasteiger partial charge in [-0.05, 0) is 30.7 Å². The lowest BCUT2D eigenvalue weighted by molar-refractivity contribution is -0.211. The zero-order chi connectivity index (χ0) is 18.9. The van der Waals surface area contributed by atoms with Crippen LogP contribution in [0.2, 0.25) is 0 Å². The van der Waals surface area contributed by atoms with Crippen LogP contribution in [0.3, 0.4) is 0 Å². The van der Waals surface area contributed by atoms with Gasteiger partial charge in [0, 0.05) is 25.0 Å². The van der Waals surface area contributed by atoms with Crippen molar-refractivity contribution in [3.8, 4) is 0 Å². The molecule has 3 atom stereocenters. The van der Waals surface area contributed by atoms with E-state index >= 15 is 0 Å². The van der Waals surface area contributed by atoms with Gasteiger partial charge in [-0.2, -0.15) is 0 Å². The van der Waals surface area contributed by atoms with Gasteiger partial charge in [0.25, 0.3) is 0 Å². The van der Waals surface area contributed by atoms with Gasteiger partial charge in [0.2, 0.25) is 0 Å². The van der Waals surface area contributed by atoms with Crippen LogP contribution in [0.4, 0.5) is 0 Å². The van der Waals surface area contributed by atoms with Crippen LogP contribution >= 0.6 is 11.3 Å². The maximum absolute atomic E-state index is 6.47. The Balaban J connectivity index is 1.48. The Morgan fingerprint density at radius 2 is 2.11 bits per heavy atom. The predicted octanol–water partition coefficient (Wildman–Crippen LogP) is 4.46. The molecule has 3 heterocycles. The molecule has 2 saturated heterocycles. The second kappa shape index (κ2) is 8.00. The first-order valence-electron chi connectivity index (χ1n) is 9.98. The number of aromatic nitrogens is 1. The smallest absolute Gasteiger partial charge is 0.105 e. The van der Waals surface area contributed by atoms with Crippen LogP contribution in [-0.2, 0) is 16.0 Å². The fourth-order valence-electron chi connectivity index (χ4n) is 4.51. The van der Waals surface area contributed by atoms with Crippen molar-refractivity contribution in [1.82, 2.24) is 9.88 Å². The van der Waals surface area contributed by atoms with Crippen molar-refractivity contribution >= 4 is 11.3 Å². The molecule has 2 fully saturated rings. The molecule has 1 spiro atoms. The first-order chi connectivity index (χ1) is 13.0. The van der Waals surface area contributed by atoms with E-state index in [0.717, 1.165) is 37.7 Å². The summed E-state index contributed by atoms with van der Waals surface area (Å²) in [5.74, 6) is 1.01. The molecule has 2 aromatic rings. The average Bonchev–Trinajstić information content (AvgIpc) is 3.07. The molecule has 0 amide bonds. The number of nitrogens with zero attached hydrogens (tertiary/aromatic N) is 2. The van der Waals surface area contributed by atoms with Crippen molar-refractivity contribution in [3.05, 3.63) is 52.0 Å². The number of aryl methyl sites for hydroxylation is 1. The number of benzene rings is 1. The Morgan fingerprint density at radius 3 is 2.81 bits per heavy atom. The molecule has 5 heteroatoms. The Bertz CT molecular complexity index is 748. The van der Waals surface area contributed by atoms with Gasteiger partial charge in [0.15, 0.2) is 0 Å². The van der Waals surface area contributed by atoms with Crippen LogP contribution in [-0.4, -0.2) is 41.8 Å². The molecule has 0 N–H and O–H groups in total. The summed E-state index contributed by atoms with van der Waals surface area (Å²) in [6.45, 7) is 10.9. The van der Waals surface area contributed by atoms with Gasteiger partial charge in [0.1, 0.15) is 5.60 Å². The Kier molecular flexibility index (Phi) is 5.65. The van der Waals surface area contributed by atoms with E-state index in [1.54, 1.807) is 11.3 Å². The van der Waals surface area contributed by atoms with Gasteiger partial charge in [-0.3, -0.25) is 4.90 Å². The van der Waals surface area contributed by atoms with Crippen molar-refractivity contribution in [2.24, 2.45) is 11.8 Å². The van der Waals surface area contributed by atoms with Crippen molar-refractivity contribution in [3.63, 3.8) is 0 Å². The average molecular weight is 387 g/mol. The maximum atomic E-state index is 6.47. The minimum atomic E-state index is -0.191. The van der Waals surface area contributed by atoms with E-state index in [4.69, 9.17) is 9.47 Å². The SMILES string of the molecule is Cc1nc(CN2CCO[C@]3(CO[C@@H](c4ccccc4)[C@H](C(C)C)C3)C2)cs1. The van der Waals surface area contributed by atoms with E-state index in [9.17, 15) is 0 Å². The molecule has 2 aliphatic rings. The molecule has 0 saturated carbocycles. The summed E-state index contributed by atoms with van der Waals surface area (Å²) >= 11 is 1.73. The Hall–Kier alpha value is -1.27. The Labute approximate surface area is 166 Å². The monoisotopic (exact) mass is 386 g/mol. The van der Waals surface area contributed by atoms with Gasteiger partial charge < -0.3 is 9.47 Å². The fourth-order valence-corrected chi connectivity index (χ4v) is 5.12. The quantitative estimate of drug-likeness (QED) is 0.777. The third kappa shape index (κ3) is 4.27. The topological polar surface area (TPSA) is 34.6 Å². The van der Waals surface area contributed by atoms with E-state index in [1.165, 1.54) is 11.3 Å². The molecule has 1 aromatic carbocycles. The molecular formula is C22H30N2O2S. The van der Waals surface area contributed by atoms with Gasteiger partial charge in [-0.15, -0.1) is 11.3 Å². The summed E-state index contributed by atoms with van der Waals surface area (Å²) in [6.07, 6.45) is 1.22. The maximum Gasteiger partial charge on any atom is 0.105 e. The van der Waals surface area contributed by atoms with Gasteiger partial charge >= 0.3 is 0 Å². The molecular weight excluding hydrogens is 356 g/mol. The first kappa shape index (κ1) is 19.1. The van der Waals surface area contributed by atoms with E-state index < -0.39 is 0 Å². The third-order valence-electron chi connectivity index (χ3n) is 5.89. The van der Waals surface area contributed by atoms with Crippen LogP contribution in [0.5, 0.6) is 0 Å². The van der Waals surface area contributed by atoms with Crippen LogP contribution in [0.15, 0.2) is 35.7 Å². The van der Waals surface area contributed by atoms with Gasteiger partial charge in [-0.25, -0.2) is 4.98 Å².